The molecule has 1 saturated carbocycles. The molecule has 1 aliphatic heterocycles. The van der Waals surface area contributed by atoms with Crippen molar-refractivity contribution in [1.82, 2.24) is 30.0 Å². The number of hydrogen-bond donors (Lipinski definition) is 3. The number of carbonyl (C=O) groups excluding carboxylic acids is 1. The maximum atomic E-state index is 14.9. The second-order valence-electron chi connectivity index (χ2n) is 13.0. The van der Waals surface area contributed by atoms with Crippen LogP contribution < -0.4 is 10.1 Å². The molecule has 6 aromatic rings. The van der Waals surface area contributed by atoms with Gasteiger partial charge in [0.25, 0.3) is 0 Å². The van der Waals surface area contributed by atoms with Gasteiger partial charge in [0.05, 0.1) is 35.0 Å². The fraction of sp³-hybridized carbons (Fsp3) is 0.316. The van der Waals surface area contributed by atoms with Gasteiger partial charge in [0.2, 0.25) is 5.91 Å². The number of pyridine rings is 2. The number of fused-ring (bicyclic) bond motifs is 2. The minimum absolute atomic E-state index is 0.0585. The molecule has 4 aromatic heterocycles. The van der Waals surface area contributed by atoms with Gasteiger partial charge in [-0.3, -0.25) is 24.8 Å². The van der Waals surface area contributed by atoms with Crippen LogP contribution in [0.3, 0.4) is 0 Å². The Labute approximate surface area is 277 Å². The zero-order chi connectivity index (χ0) is 32.5. The number of amides is 1. The Morgan fingerprint density at radius 1 is 0.917 bits per heavy atom. The quantitative estimate of drug-likeness (QED) is 0.147. The number of hydrogen-bond acceptors (Lipinski definition) is 6. The summed E-state index contributed by atoms with van der Waals surface area (Å²) >= 11 is 0. The first-order valence-corrected chi connectivity index (χ1v) is 17.0. The summed E-state index contributed by atoms with van der Waals surface area (Å²) in [5.74, 6) is 0.319. The van der Waals surface area contributed by atoms with Gasteiger partial charge in [-0.1, -0.05) is 31.4 Å². The Kier molecular flexibility index (Phi) is 8.32. The largest absolute Gasteiger partial charge is 0.492 e. The van der Waals surface area contributed by atoms with E-state index in [-0.39, 0.29) is 17.6 Å². The molecule has 0 bridgehead atoms. The summed E-state index contributed by atoms with van der Waals surface area (Å²) in [6.45, 7) is 3.57. The average Bonchev–Trinajstić information content (AvgIpc) is 3.88. The van der Waals surface area contributed by atoms with Gasteiger partial charge in [-0.25, -0.2) is 4.39 Å². The minimum Gasteiger partial charge on any atom is -0.492 e. The van der Waals surface area contributed by atoms with Crippen LogP contribution in [-0.4, -0.2) is 62.2 Å². The minimum atomic E-state index is -0.332. The van der Waals surface area contributed by atoms with Gasteiger partial charge in [0, 0.05) is 46.6 Å². The lowest BCUT2D eigenvalue weighted by atomic mass is 9.88. The van der Waals surface area contributed by atoms with E-state index in [2.05, 4.69) is 41.4 Å². The zero-order valence-corrected chi connectivity index (χ0v) is 26.8. The van der Waals surface area contributed by atoms with Gasteiger partial charge in [-0.05, 0) is 86.3 Å². The first kappa shape index (κ1) is 30.3. The third-order valence-electron chi connectivity index (χ3n) is 9.70. The fourth-order valence-corrected chi connectivity index (χ4v) is 7.17. The Morgan fingerprint density at radius 2 is 1.79 bits per heavy atom. The molecule has 48 heavy (non-hydrogen) atoms. The molecule has 2 aliphatic rings. The summed E-state index contributed by atoms with van der Waals surface area (Å²) in [7, 11) is 0. The summed E-state index contributed by atoms with van der Waals surface area (Å²) < 4.78 is 20.9. The summed E-state index contributed by atoms with van der Waals surface area (Å²) in [6, 6.07) is 16.9. The molecule has 1 aliphatic carbocycles. The van der Waals surface area contributed by atoms with Crippen LogP contribution >= 0.6 is 0 Å². The Bertz CT molecular complexity index is 2090. The van der Waals surface area contributed by atoms with Gasteiger partial charge in [-0.15, -0.1) is 0 Å². The highest BCUT2D eigenvalue weighted by Crippen LogP contribution is 2.36. The van der Waals surface area contributed by atoms with Crippen molar-refractivity contribution in [3.8, 4) is 39.5 Å². The lowest BCUT2D eigenvalue weighted by Gasteiger charge is -2.20. The zero-order valence-electron chi connectivity index (χ0n) is 26.8. The monoisotopic (exact) mass is 643 g/mol. The molecule has 244 valence electrons. The highest BCUT2D eigenvalue weighted by Gasteiger charge is 2.22. The van der Waals surface area contributed by atoms with E-state index in [1.807, 2.05) is 36.4 Å². The molecule has 2 fully saturated rings. The first-order valence-electron chi connectivity index (χ1n) is 17.0. The van der Waals surface area contributed by atoms with Crippen LogP contribution in [0.25, 0.3) is 55.6 Å². The topological polar surface area (TPSA) is 112 Å². The molecule has 8 rings (SSSR count). The van der Waals surface area contributed by atoms with Gasteiger partial charge < -0.3 is 15.0 Å². The number of likely N-dealkylation sites (tertiary alicyclic amines) is 1. The molecule has 1 amide bonds. The van der Waals surface area contributed by atoms with Crippen LogP contribution in [0.5, 0.6) is 5.75 Å². The second-order valence-corrected chi connectivity index (χ2v) is 13.0. The molecule has 2 aromatic carbocycles. The van der Waals surface area contributed by atoms with Crippen molar-refractivity contribution < 1.29 is 13.9 Å². The number of nitrogens with one attached hydrogen (secondary N) is 3. The van der Waals surface area contributed by atoms with Gasteiger partial charge in [-0.2, -0.15) is 5.10 Å². The smallest absolute Gasteiger partial charge is 0.227 e. The molecule has 10 heteroatoms. The molecule has 0 spiro atoms. The molecule has 1 saturated heterocycles. The van der Waals surface area contributed by atoms with Crippen LogP contribution in [0.2, 0.25) is 0 Å². The predicted octanol–water partition coefficient (Wildman–Crippen LogP) is 7.97. The van der Waals surface area contributed by atoms with Crippen molar-refractivity contribution in [3.63, 3.8) is 0 Å². The molecule has 0 radical (unpaired) electrons. The molecule has 5 heterocycles. The van der Waals surface area contributed by atoms with E-state index >= 15 is 0 Å². The van der Waals surface area contributed by atoms with E-state index in [4.69, 9.17) is 4.74 Å². The van der Waals surface area contributed by atoms with E-state index in [1.54, 1.807) is 24.7 Å². The van der Waals surface area contributed by atoms with Crippen LogP contribution in [-0.2, 0) is 4.79 Å². The number of halogens is 1. The molecular weight excluding hydrogens is 605 g/mol. The summed E-state index contributed by atoms with van der Waals surface area (Å²) in [5.41, 5.74) is 7.12. The summed E-state index contributed by atoms with van der Waals surface area (Å²) in [4.78, 5) is 27.8. The summed E-state index contributed by atoms with van der Waals surface area (Å²) in [5, 5.41) is 12.7. The third-order valence-corrected chi connectivity index (χ3v) is 9.70. The molecule has 0 unspecified atom stereocenters. The number of aromatic nitrogens is 5. The molecule has 3 N–H and O–H groups in total. The van der Waals surface area contributed by atoms with Gasteiger partial charge >= 0.3 is 0 Å². The van der Waals surface area contributed by atoms with Crippen molar-refractivity contribution in [2.45, 2.75) is 44.9 Å². The van der Waals surface area contributed by atoms with E-state index in [0.29, 0.717) is 18.0 Å². The van der Waals surface area contributed by atoms with E-state index < -0.39 is 0 Å². The molecule has 9 nitrogen and oxygen atoms in total. The Balaban J connectivity index is 1.07. The number of nitrogens with zero attached hydrogens (tertiary/aromatic N) is 4. The summed E-state index contributed by atoms with van der Waals surface area (Å²) in [6.07, 6.45) is 12.9. The number of benzene rings is 2. The first-order chi connectivity index (χ1) is 23.6. The maximum absolute atomic E-state index is 14.9. The van der Waals surface area contributed by atoms with Crippen LogP contribution in [0.1, 0.15) is 44.9 Å². The number of H-pyrrole nitrogens is 2. The standard InChI is InChI=1S/C38H38FN7O2/c39-27-15-25(17-29(18-27)48-14-13-46-11-4-5-12-46)30-9-6-10-33-31(30)19-35(43-33)37-32-20-34(41-23-36(32)44-45-37)26-16-28(22-40-21-26)42-38(47)24-7-2-1-3-8-24/h6,9-10,15-24,43H,1-5,7-8,11-14H2,(H,42,47)(H,44,45). The van der Waals surface area contributed by atoms with Gasteiger partial charge in [0.1, 0.15) is 23.9 Å². The van der Waals surface area contributed by atoms with Gasteiger partial charge in [0.15, 0.2) is 0 Å². The normalized spacial score (nSPS) is 15.8. The van der Waals surface area contributed by atoms with Crippen LogP contribution in [0, 0.1) is 11.7 Å². The van der Waals surface area contributed by atoms with Crippen molar-refractivity contribution in [3.05, 3.63) is 79.0 Å². The number of carbonyl (C=O) groups is 1. The maximum Gasteiger partial charge on any atom is 0.227 e. The van der Waals surface area contributed by atoms with E-state index in [9.17, 15) is 9.18 Å². The Hall–Kier alpha value is -5.09. The van der Waals surface area contributed by atoms with E-state index in [0.717, 1.165) is 101 Å². The van der Waals surface area contributed by atoms with E-state index in [1.165, 1.54) is 25.3 Å². The SMILES string of the molecule is O=C(Nc1cncc(-c2cc3c(-c4cc5c(-c6cc(F)cc(OCCN7CCCC7)c6)cccc5[nH]4)n[nH]c3cn2)c1)C1CCCCC1. The highest BCUT2D eigenvalue weighted by atomic mass is 19.1. The third kappa shape index (κ3) is 6.27. The number of ether oxygens (including phenoxy) is 1. The van der Waals surface area contributed by atoms with Crippen molar-refractivity contribution in [1.29, 1.82) is 0 Å². The second kappa shape index (κ2) is 13.2. The fourth-order valence-electron chi connectivity index (χ4n) is 7.17. The predicted molar refractivity (Wildman–Crippen MR) is 186 cm³/mol. The highest BCUT2D eigenvalue weighted by molar-refractivity contribution is 6.01. The van der Waals surface area contributed by atoms with Crippen molar-refractivity contribution in [2.24, 2.45) is 5.92 Å². The molecule has 0 atom stereocenters. The van der Waals surface area contributed by atoms with Crippen LogP contribution in [0.15, 0.2) is 73.2 Å². The Morgan fingerprint density at radius 3 is 2.67 bits per heavy atom. The number of anilines is 1. The average molecular weight is 644 g/mol. The van der Waals surface area contributed by atoms with Crippen LogP contribution in [0.4, 0.5) is 10.1 Å². The number of aromatic amines is 2. The lowest BCUT2D eigenvalue weighted by Crippen LogP contribution is -2.25. The number of rotatable bonds is 9. The lowest BCUT2D eigenvalue weighted by molar-refractivity contribution is -0.120. The van der Waals surface area contributed by atoms with Crippen molar-refractivity contribution >= 4 is 33.4 Å². The van der Waals surface area contributed by atoms with Crippen molar-refractivity contribution in [2.75, 3.05) is 31.6 Å². The molecular formula is C38H38FN7O2.